The van der Waals surface area contributed by atoms with Crippen LogP contribution in [-0.2, 0) is 0 Å². The van der Waals surface area contributed by atoms with Crippen LogP contribution in [0.4, 0.5) is 5.95 Å². The summed E-state index contributed by atoms with van der Waals surface area (Å²) < 4.78 is 5.20. The van der Waals surface area contributed by atoms with Crippen LogP contribution in [0.25, 0.3) is 0 Å². The molecule has 0 aliphatic carbocycles. The lowest BCUT2D eigenvalue weighted by Crippen LogP contribution is -2.23. The van der Waals surface area contributed by atoms with Gasteiger partial charge in [-0.3, -0.25) is 0 Å². The van der Waals surface area contributed by atoms with Gasteiger partial charge in [0.15, 0.2) is 0 Å². The molecular formula is C10H15ClN4O2. The third-order valence-corrected chi connectivity index (χ3v) is 2.69. The molecule has 2 heterocycles. The molecule has 1 saturated heterocycles. The van der Waals surface area contributed by atoms with Crippen molar-refractivity contribution in [3.8, 4) is 5.88 Å². The summed E-state index contributed by atoms with van der Waals surface area (Å²) in [7, 11) is 0. The van der Waals surface area contributed by atoms with Gasteiger partial charge in [-0.05, 0) is 13.0 Å². The number of aliphatic hydroxyl groups excluding tert-OH is 1. The normalized spacial score (nSPS) is 19.3. The smallest absolute Gasteiger partial charge is 0.237 e. The Labute approximate surface area is 104 Å². The number of halogens is 1. The highest BCUT2D eigenvalue weighted by atomic mass is 35.5. The summed E-state index contributed by atoms with van der Waals surface area (Å²) in [6.07, 6.45) is 2.53. The third-order valence-electron chi connectivity index (χ3n) is 2.44. The number of ether oxygens (including phenoxy) is 1. The Kier molecular flexibility index (Phi) is 4.36. The monoisotopic (exact) mass is 258 g/mol. The lowest BCUT2D eigenvalue weighted by Gasteiger charge is -2.12. The lowest BCUT2D eigenvalue weighted by atomic mass is 10.3. The van der Waals surface area contributed by atoms with Crippen LogP contribution in [0, 0.1) is 0 Å². The highest BCUT2D eigenvalue weighted by Gasteiger charge is 2.16. The van der Waals surface area contributed by atoms with E-state index in [4.69, 9.17) is 21.4 Å². The molecule has 7 heteroatoms. The van der Waals surface area contributed by atoms with E-state index in [-0.39, 0.29) is 13.2 Å². The highest BCUT2D eigenvalue weighted by molar-refractivity contribution is 6.31. The minimum atomic E-state index is -0.0738. The van der Waals surface area contributed by atoms with Crippen LogP contribution in [0.5, 0.6) is 5.88 Å². The van der Waals surface area contributed by atoms with E-state index in [2.05, 4.69) is 20.6 Å². The first-order valence-corrected chi connectivity index (χ1v) is 5.91. The van der Waals surface area contributed by atoms with Gasteiger partial charge in [0.25, 0.3) is 0 Å². The van der Waals surface area contributed by atoms with E-state index < -0.39 is 0 Å². The molecule has 0 spiro atoms. The van der Waals surface area contributed by atoms with Gasteiger partial charge in [0.05, 0.1) is 12.8 Å². The Balaban J connectivity index is 2.01. The summed E-state index contributed by atoms with van der Waals surface area (Å²) in [6, 6.07) is 0.335. The molecule has 1 aliphatic rings. The standard InChI is InChI=1S/C10H15ClN4O2/c11-8-6-13-10(14-7-1-2-12-5-7)15-9(8)17-4-3-16/h6-7,12,16H,1-5H2,(H,13,14,15). The first-order valence-electron chi connectivity index (χ1n) is 5.53. The van der Waals surface area contributed by atoms with E-state index in [0.717, 1.165) is 19.5 Å². The number of anilines is 1. The Bertz CT molecular complexity index is 371. The fraction of sp³-hybridized carbons (Fsp3) is 0.600. The van der Waals surface area contributed by atoms with Gasteiger partial charge in [0.1, 0.15) is 11.6 Å². The molecule has 0 amide bonds. The Morgan fingerprint density at radius 3 is 3.24 bits per heavy atom. The van der Waals surface area contributed by atoms with Gasteiger partial charge in [-0.2, -0.15) is 4.98 Å². The Morgan fingerprint density at radius 1 is 1.65 bits per heavy atom. The maximum Gasteiger partial charge on any atom is 0.237 e. The number of aromatic nitrogens is 2. The van der Waals surface area contributed by atoms with Crippen molar-refractivity contribution < 1.29 is 9.84 Å². The topological polar surface area (TPSA) is 79.3 Å². The van der Waals surface area contributed by atoms with E-state index in [0.29, 0.717) is 22.9 Å². The van der Waals surface area contributed by atoms with Crippen LogP contribution in [0.3, 0.4) is 0 Å². The van der Waals surface area contributed by atoms with E-state index in [1.807, 2.05) is 0 Å². The van der Waals surface area contributed by atoms with Gasteiger partial charge in [-0.1, -0.05) is 11.6 Å². The molecule has 0 aromatic carbocycles. The summed E-state index contributed by atoms with van der Waals surface area (Å²) in [5, 5.41) is 15.5. The highest BCUT2D eigenvalue weighted by Crippen LogP contribution is 2.22. The average Bonchev–Trinajstić information content (AvgIpc) is 2.82. The largest absolute Gasteiger partial charge is 0.474 e. The van der Waals surface area contributed by atoms with Crippen molar-refractivity contribution in [3.05, 3.63) is 11.2 Å². The van der Waals surface area contributed by atoms with E-state index in [9.17, 15) is 0 Å². The molecule has 1 aliphatic heterocycles. The second-order valence-electron chi connectivity index (χ2n) is 3.75. The molecule has 3 N–H and O–H groups in total. The van der Waals surface area contributed by atoms with Crippen molar-refractivity contribution in [2.24, 2.45) is 0 Å². The van der Waals surface area contributed by atoms with Crippen molar-refractivity contribution >= 4 is 17.5 Å². The zero-order valence-electron chi connectivity index (χ0n) is 9.32. The molecule has 94 valence electrons. The first kappa shape index (κ1) is 12.3. The molecule has 0 saturated carbocycles. The van der Waals surface area contributed by atoms with Crippen LogP contribution < -0.4 is 15.4 Å². The molecule has 1 fully saturated rings. The van der Waals surface area contributed by atoms with Crippen molar-refractivity contribution in [2.75, 3.05) is 31.6 Å². The predicted molar refractivity (Wildman–Crippen MR) is 64.5 cm³/mol. The molecule has 0 radical (unpaired) electrons. The number of nitrogens with one attached hydrogen (secondary N) is 2. The predicted octanol–water partition coefficient (Wildman–Crippen LogP) is 0.275. The van der Waals surface area contributed by atoms with Gasteiger partial charge in [-0.25, -0.2) is 4.98 Å². The molecule has 17 heavy (non-hydrogen) atoms. The van der Waals surface area contributed by atoms with E-state index in [1.54, 1.807) is 0 Å². The van der Waals surface area contributed by atoms with Crippen molar-refractivity contribution in [2.45, 2.75) is 12.5 Å². The minimum Gasteiger partial charge on any atom is -0.474 e. The Hall–Kier alpha value is -1.11. The fourth-order valence-electron chi connectivity index (χ4n) is 1.62. The van der Waals surface area contributed by atoms with Gasteiger partial charge in [0.2, 0.25) is 11.8 Å². The lowest BCUT2D eigenvalue weighted by molar-refractivity contribution is 0.197. The molecule has 1 aromatic rings. The summed E-state index contributed by atoms with van der Waals surface area (Å²) in [6.45, 7) is 1.99. The van der Waals surface area contributed by atoms with Crippen molar-refractivity contribution in [1.29, 1.82) is 0 Å². The number of nitrogens with zero attached hydrogens (tertiary/aromatic N) is 2. The molecule has 0 bridgehead atoms. The molecule has 2 rings (SSSR count). The van der Waals surface area contributed by atoms with Crippen LogP contribution in [-0.4, -0.2) is 47.4 Å². The molecule has 1 aromatic heterocycles. The number of hydrogen-bond donors (Lipinski definition) is 3. The van der Waals surface area contributed by atoms with Gasteiger partial charge >= 0.3 is 0 Å². The van der Waals surface area contributed by atoms with Gasteiger partial charge < -0.3 is 20.5 Å². The fourth-order valence-corrected chi connectivity index (χ4v) is 1.77. The number of hydrogen-bond acceptors (Lipinski definition) is 6. The summed E-state index contributed by atoms with van der Waals surface area (Å²) in [4.78, 5) is 8.24. The zero-order valence-corrected chi connectivity index (χ0v) is 10.1. The summed E-state index contributed by atoms with van der Waals surface area (Å²) in [5.41, 5.74) is 0. The molecule has 6 nitrogen and oxygen atoms in total. The van der Waals surface area contributed by atoms with Crippen LogP contribution in [0.2, 0.25) is 5.02 Å². The Morgan fingerprint density at radius 2 is 2.53 bits per heavy atom. The van der Waals surface area contributed by atoms with Crippen LogP contribution >= 0.6 is 11.6 Å². The average molecular weight is 259 g/mol. The summed E-state index contributed by atoms with van der Waals surface area (Å²) in [5.74, 6) is 0.792. The quantitative estimate of drug-likeness (QED) is 0.704. The second-order valence-corrected chi connectivity index (χ2v) is 4.16. The van der Waals surface area contributed by atoms with E-state index >= 15 is 0 Å². The third kappa shape index (κ3) is 3.42. The first-order chi connectivity index (χ1) is 8.29. The van der Waals surface area contributed by atoms with Crippen molar-refractivity contribution in [3.63, 3.8) is 0 Å². The molecule has 1 atom stereocenters. The molecular weight excluding hydrogens is 244 g/mol. The molecule has 1 unspecified atom stereocenters. The zero-order chi connectivity index (χ0) is 12.1. The summed E-state index contributed by atoms with van der Waals surface area (Å²) >= 11 is 5.88. The number of rotatable bonds is 5. The van der Waals surface area contributed by atoms with Gasteiger partial charge in [-0.15, -0.1) is 0 Å². The van der Waals surface area contributed by atoms with Crippen molar-refractivity contribution in [1.82, 2.24) is 15.3 Å². The van der Waals surface area contributed by atoms with Crippen LogP contribution in [0.1, 0.15) is 6.42 Å². The maximum atomic E-state index is 8.68. The second kappa shape index (κ2) is 6.00. The van der Waals surface area contributed by atoms with E-state index in [1.165, 1.54) is 6.20 Å². The SMILES string of the molecule is OCCOc1nc(NC2CCNC2)ncc1Cl. The van der Waals surface area contributed by atoms with Gasteiger partial charge in [0, 0.05) is 12.6 Å². The minimum absolute atomic E-state index is 0.0738. The van der Waals surface area contributed by atoms with Crippen LogP contribution in [0.15, 0.2) is 6.20 Å². The maximum absolute atomic E-state index is 8.68. The number of aliphatic hydroxyl groups is 1.